The van der Waals surface area contributed by atoms with Gasteiger partial charge in [0.25, 0.3) is 0 Å². The molecule has 56 valence electrons. The number of nitrogen functional groups attached to an aromatic ring is 1. The van der Waals surface area contributed by atoms with Crippen LogP contribution in [0.1, 0.15) is 13.0 Å². The molecule has 0 fully saturated rings. The van der Waals surface area contributed by atoms with Crippen LogP contribution in [-0.4, -0.2) is 4.98 Å². The van der Waals surface area contributed by atoms with E-state index >= 15 is 0 Å². The Morgan fingerprint density at radius 3 is 2.60 bits per heavy atom. The third-order valence-corrected chi connectivity index (χ3v) is 1.17. The van der Waals surface area contributed by atoms with Crippen LogP contribution in [0.4, 0.5) is 5.69 Å². The summed E-state index contributed by atoms with van der Waals surface area (Å²) in [5.41, 5.74) is 6.68. The van der Waals surface area contributed by atoms with E-state index in [2.05, 4.69) is 4.98 Å². The fourth-order valence-corrected chi connectivity index (χ4v) is 0.559. The average Bonchev–Trinajstić information content (AvgIpc) is 1.80. The normalized spacial score (nSPS) is 8.50. The molecule has 0 unspecified atom stereocenters. The van der Waals surface area contributed by atoms with Crippen molar-refractivity contribution in [2.75, 3.05) is 5.73 Å². The van der Waals surface area contributed by atoms with Gasteiger partial charge in [0.15, 0.2) is 0 Å². The fraction of sp³-hybridized carbons (Fsp3) is 0.286. The van der Waals surface area contributed by atoms with Crippen LogP contribution in [0.15, 0.2) is 17.1 Å². The van der Waals surface area contributed by atoms with Gasteiger partial charge in [-0.05, 0) is 12.5 Å². The summed E-state index contributed by atoms with van der Waals surface area (Å²) in [6.45, 7) is 1.84. The maximum absolute atomic E-state index is 10.5. The quantitative estimate of drug-likeness (QED) is 0.562. The number of aryl methyl sites for hydroxylation is 1. The molecule has 3 nitrogen and oxygen atoms in total. The number of hydrogen-bond donors (Lipinski definition) is 2. The first kappa shape index (κ1) is 8.75. The number of nitrogens with two attached hydrogens (primary N) is 1. The van der Waals surface area contributed by atoms with Gasteiger partial charge in [0.05, 0.1) is 0 Å². The molecule has 3 heteroatoms. The van der Waals surface area contributed by atoms with Gasteiger partial charge in [-0.15, -0.1) is 0 Å². The topological polar surface area (TPSA) is 58.9 Å². The highest BCUT2D eigenvalue weighted by molar-refractivity contribution is 5.42. The lowest BCUT2D eigenvalue weighted by atomic mass is 10.3. The zero-order valence-corrected chi connectivity index (χ0v) is 5.14. The van der Waals surface area contributed by atoms with Crippen LogP contribution in [-0.2, 0) is 0 Å². The predicted molar refractivity (Wildman–Crippen MR) is 42.9 cm³/mol. The van der Waals surface area contributed by atoms with E-state index in [0.717, 1.165) is 5.56 Å². The highest BCUT2D eigenvalue weighted by Crippen LogP contribution is 2.01. The van der Waals surface area contributed by atoms with Crippen LogP contribution in [0.3, 0.4) is 0 Å². The van der Waals surface area contributed by atoms with Crippen molar-refractivity contribution in [2.24, 2.45) is 0 Å². The van der Waals surface area contributed by atoms with Crippen LogP contribution >= 0.6 is 0 Å². The minimum absolute atomic E-state index is 0. The Kier molecular flexibility index (Phi) is 2.67. The van der Waals surface area contributed by atoms with E-state index in [0.29, 0.717) is 5.69 Å². The van der Waals surface area contributed by atoms with E-state index in [1.807, 2.05) is 6.92 Å². The molecule has 0 aliphatic carbocycles. The molecule has 3 N–H and O–H groups in total. The molecule has 1 heterocycles. The predicted octanol–water partition coefficient (Wildman–Crippen LogP) is 0.902. The van der Waals surface area contributed by atoms with Gasteiger partial charge in [-0.1, -0.05) is 7.43 Å². The Morgan fingerprint density at radius 2 is 2.20 bits per heavy atom. The molecule has 0 atom stereocenters. The Labute approximate surface area is 59.9 Å². The summed E-state index contributed by atoms with van der Waals surface area (Å²) in [6.07, 6.45) is 1.59. The summed E-state index contributed by atoms with van der Waals surface area (Å²) < 4.78 is 0. The first-order valence-electron chi connectivity index (χ1n) is 2.65. The largest absolute Gasteiger partial charge is 0.398 e. The molecule has 10 heavy (non-hydrogen) atoms. The monoisotopic (exact) mass is 140 g/mol. The van der Waals surface area contributed by atoms with Gasteiger partial charge in [0.2, 0.25) is 5.56 Å². The van der Waals surface area contributed by atoms with Crippen LogP contribution in [0.2, 0.25) is 0 Å². The number of rotatable bonds is 0. The van der Waals surface area contributed by atoms with E-state index in [4.69, 9.17) is 5.73 Å². The second kappa shape index (κ2) is 3.06. The maximum Gasteiger partial charge on any atom is 0.249 e. The number of aromatic amines is 1. The van der Waals surface area contributed by atoms with Crippen molar-refractivity contribution in [1.82, 2.24) is 4.98 Å². The van der Waals surface area contributed by atoms with Gasteiger partial charge in [-0.2, -0.15) is 0 Å². The molecule has 0 bridgehead atoms. The minimum Gasteiger partial charge on any atom is -0.398 e. The smallest absolute Gasteiger partial charge is 0.249 e. The van der Waals surface area contributed by atoms with Gasteiger partial charge in [-0.3, -0.25) is 4.79 Å². The average molecular weight is 140 g/mol. The standard InChI is InChI=1S/C6H8N2O.CH4/c1-4-3-8-6(9)2-5(4)7;/h2-3H,1H3,(H3,7,8,9);1H4. The van der Waals surface area contributed by atoms with Crippen molar-refractivity contribution >= 4 is 5.69 Å². The Morgan fingerprint density at radius 1 is 1.60 bits per heavy atom. The van der Waals surface area contributed by atoms with Gasteiger partial charge in [0.1, 0.15) is 0 Å². The van der Waals surface area contributed by atoms with Crippen LogP contribution in [0, 0.1) is 6.92 Å². The number of anilines is 1. The van der Waals surface area contributed by atoms with Gasteiger partial charge in [0, 0.05) is 18.0 Å². The van der Waals surface area contributed by atoms with E-state index in [9.17, 15) is 4.79 Å². The van der Waals surface area contributed by atoms with Crippen LogP contribution in [0.5, 0.6) is 0 Å². The zero-order valence-electron chi connectivity index (χ0n) is 5.14. The molecule has 0 saturated heterocycles. The molecule has 1 rings (SSSR count). The summed E-state index contributed by atoms with van der Waals surface area (Å²) in [7, 11) is 0. The van der Waals surface area contributed by atoms with Gasteiger partial charge < -0.3 is 10.7 Å². The van der Waals surface area contributed by atoms with Crippen LogP contribution in [0.25, 0.3) is 0 Å². The number of H-pyrrole nitrogens is 1. The summed E-state index contributed by atoms with van der Waals surface area (Å²) in [5, 5.41) is 0. The molecular formula is C7H12N2O. The number of nitrogens with one attached hydrogen (secondary N) is 1. The lowest BCUT2D eigenvalue weighted by Gasteiger charge is -1.93. The molecule has 0 spiro atoms. The highest BCUT2D eigenvalue weighted by atomic mass is 16.1. The third kappa shape index (κ3) is 1.62. The Hall–Kier alpha value is -1.25. The van der Waals surface area contributed by atoms with E-state index in [-0.39, 0.29) is 13.0 Å². The first-order valence-corrected chi connectivity index (χ1v) is 2.65. The molecule has 0 aliphatic rings. The molecule has 0 amide bonds. The summed E-state index contributed by atoms with van der Waals surface area (Å²) >= 11 is 0. The fourth-order valence-electron chi connectivity index (χ4n) is 0.559. The Balaban J connectivity index is 0.000000810. The second-order valence-corrected chi connectivity index (χ2v) is 1.94. The van der Waals surface area contributed by atoms with Crippen molar-refractivity contribution in [3.8, 4) is 0 Å². The summed E-state index contributed by atoms with van der Waals surface area (Å²) in [4.78, 5) is 13.0. The molecule has 0 saturated carbocycles. The summed E-state index contributed by atoms with van der Waals surface area (Å²) in [5.74, 6) is 0. The van der Waals surface area contributed by atoms with Crippen LogP contribution < -0.4 is 11.3 Å². The van der Waals surface area contributed by atoms with Crippen molar-refractivity contribution < 1.29 is 0 Å². The molecule has 0 aromatic carbocycles. The highest BCUT2D eigenvalue weighted by Gasteiger charge is 1.89. The van der Waals surface area contributed by atoms with E-state index < -0.39 is 0 Å². The van der Waals surface area contributed by atoms with Gasteiger partial charge >= 0.3 is 0 Å². The number of pyridine rings is 1. The van der Waals surface area contributed by atoms with E-state index in [1.54, 1.807) is 6.20 Å². The molecule has 1 aromatic heterocycles. The SMILES string of the molecule is C.Cc1c[nH]c(=O)cc1N. The molecular weight excluding hydrogens is 128 g/mol. The Bertz CT molecular complexity index is 265. The van der Waals surface area contributed by atoms with E-state index in [1.165, 1.54) is 6.07 Å². The van der Waals surface area contributed by atoms with Crippen molar-refractivity contribution in [3.63, 3.8) is 0 Å². The first-order chi connectivity index (χ1) is 4.20. The zero-order chi connectivity index (χ0) is 6.85. The number of aromatic nitrogens is 1. The minimum atomic E-state index is -0.155. The van der Waals surface area contributed by atoms with Gasteiger partial charge in [-0.25, -0.2) is 0 Å². The lowest BCUT2D eigenvalue weighted by molar-refractivity contribution is 1.20. The van der Waals surface area contributed by atoms with Crippen molar-refractivity contribution in [3.05, 3.63) is 28.2 Å². The summed E-state index contributed by atoms with van der Waals surface area (Å²) in [6, 6.07) is 1.37. The molecule has 0 aliphatic heterocycles. The molecule has 1 aromatic rings. The van der Waals surface area contributed by atoms with Crippen molar-refractivity contribution in [2.45, 2.75) is 14.4 Å². The third-order valence-electron chi connectivity index (χ3n) is 1.17. The molecule has 0 radical (unpaired) electrons. The second-order valence-electron chi connectivity index (χ2n) is 1.94. The van der Waals surface area contributed by atoms with Crippen molar-refractivity contribution in [1.29, 1.82) is 0 Å². The number of hydrogen-bond acceptors (Lipinski definition) is 2. The maximum atomic E-state index is 10.5. The lowest BCUT2D eigenvalue weighted by Crippen LogP contribution is -2.05.